The number of rotatable bonds is 4. The highest BCUT2D eigenvalue weighted by Crippen LogP contribution is 2.24. The maximum Gasteiger partial charge on any atom is 0.258 e. The van der Waals surface area contributed by atoms with Crippen LogP contribution in [0.3, 0.4) is 0 Å². The summed E-state index contributed by atoms with van der Waals surface area (Å²) in [7, 11) is 1.70. The summed E-state index contributed by atoms with van der Waals surface area (Å²) in [5, 5.41) is 4.71. The molecule has 0 radical (unpaired) electrons. The number of piperidine rings is 1. The van der Waals surface area contributed by atoms with Crippen LogP contribution in [-0.2, 0) is 11.3 Å². The third kappa shape index (κ3) is 3.85. The zero-order chi connectivity index (χ0) is 18.0. The predicted octanol–water partition coefficient (Wildman–Crippen LogP) is 3.28. The number of aromatic nitrogens is 2. The summed E-state index contributed by atoms with van der Waals surface area (Å²) < 4.78 is 20.0. The first-order valence-electron chi connectivity index (χ1n) is 8.29. The lowest BCUT2D eigenvalue weighted by molar-refractivity contribution is 0.0350. The molecule has 0 unspecified atom stereocenters. The van der Waals surface area contributed by atoms with Crippen LogP contribution in [0.5, 0.6) is 0 Å². The molecule has 5 nitrogen and oxygen atoms in total. The van der Waals surface area contributed by atoms with Crippen LogP contribution in [0.25, 0.3) is 0 Å². The van der Waals surface area contributed by atoms with Crippen molar-refractivity contribution in [2.75, 3.05) is 20.2 Å². The number of benzene rings is 1. The van der Waals surface area contributed by atoms with Crippen LogP contribution in [0.15, 0.2) is 24.3 Å². The first-order chi connectivity index (χ1) is 12.0. The summed E-state index contributed by atoms with van der Waals surface area (Å²) in [6.07, 6.45) is 1.85. The van der Waals surface area contributed by atoms with Gasteiger partial charge in [-0.25, -0.2) is 9.07 Å². The molecule has 0 spiro atoms. The van der Waals surface area contributed by atoms with Crippen LogP contribution in [0.1, 0.15) is 34.5 Å². The second-order valence-electron chi connectivity index (χ2n) is 6.26. The van der Waals surface area contributed by atoms with Gasteiger partial charge in [0.1, 0.15) is 11.0 Å². The van der Waals surface area contributed by atoms with Gasteiger partial charge in [0, 0.05) is 20.2 Å². The van der Waals surface area contributed by atoms with Crippen LogP contribution in [0.4, 0.5) is 4.39 Å². The van der Waals surface area contributed by atoms with E-state index in [1.165, 1.54) is 12.1 Å². The molecule has 3 rings (SSSR count). The van der Waals surface area contributed by atoms with Gasteiger partial charge in [0.25, 0.3) is 5.91 Å². The lowest BCUT2D eigenvalue weighted by atomic mass is 10.1. The molecule has 1 aliphatic rings. The number of nitrogens with zero attached hydrogens (tertiary/aromatic N) is 3. The Morgan fingerprint density at radius 2 is 1.96 bits per heavy atom. The van der Waals surface area contributed by atoms with Crippen LogP contribution in [0.2, 0.25) is 5.15 Å². The number of ether oxygens (including phenoxy) is 1. The third-order valence-corrected chi connectivity index (χ3v) is 4.97. The zero-order valence-electron chi connectivity index (χ0n) is 14.3. The van der Waals surface area contributed by atoms with Crippen molar-refractivity contribution in [1.82, 2.24) is 14.7 Å². The fourth-order valence-electron chi connectivity index (χ4n) is 3.12. The number of methoxy groups -OCH3 is 1. The summed E-state index contributed by atoms with van der Waals surface area (Å²) in [6.45, 7) is 3.47. The number of carbonyl (C=O) groups excluding carboxylic acids is 1. The highest BCUT2D eigenvalue weighted by molar-refractivity contribution is 6.33. The number of hydrogen-bond acceptors (Lipinski definition) is 3. The Hall–Kier alpha value is -1.92. The van der Waals surface area contributed by atoms with Crippen LogP contribution in [-0.4, -0.2) is 46.9 Å². The van der Waals surface area contributed by atoms with Crippen LogP contribution >= 0.6 is 11.6 Å². The van der Waals surface area contributed by atoms with E-state index < -0.39 is 0 Å². The van der Waals surface area contributed by atoms with Gasteiger partial charge >= 0.3 is 0 Å². The average molecular weight is 366 g/mol. The topological polar surface area (TPSA) is 47.4 Å². The van der Waals surface area contributed by atoms with Crippen molar-refractivity contribution < 1.29 is 13.9 Å². The van der Waals surface area contributed by atoms with Crippen molar-refractivity contribution in [2.45, 2.75) is 32.4 Å². The van der Waals surface area contributed by atoms with Crippen LogP contribution in [0, 0.1) is 12.7 Å². The van der Waals surface area contributed by atoms with Crippen molar-refractivity contribution in [3.63, 3.8) is 0 Å². The smallest absolute Gasteiger partial charge is 0.258 e. The number of carbonyl (C=O) groups is 1. The van der Waals surface area contributed by atoms with E-state index in [4.69, 9.17) is 16.3 Å². The minimum atomic E-state index is -0.290. The lowest BCUT2D eigenvalue weighted by Gasteiger charge is -2.31. The molecule has 0 aliphatic carbocycles. The van der Waals surface area contributed by atoms with E-state index in [1.54, 1.807) is 35.7 Å². The van der Waals surface area contributed by atoms with E-state index in [9.17, 15) is 9.18 Å². The quantitative estimate of drug-likeness (QED) is 0.835. The molecular weight excluding hydrogens is 345 g/mol. The van der Waals surface area contributed by atoms with E-state index in [1.807, 2.05) is 0 Å². The molecule has 0 atom stereocenters. The molecule has 134 valence electrons. The fraction of sp³-hybridized carbons (Fsp3) is 0.444. The summed E-state index contributed by atoms with van der Waals surface area (Å²) in [5.74, 6) is -0.385. The number of aryl methyl sites for hydroxylation is 1. The molecule has 1 fully saturated rings. The van der Waals surface area contributed by atoms with Gasteiger partial charge in [-0.15, -0.1) is 0 Å². The molecule has 0 bridgehead atoms. The van der Waals surface area contributed by atoms with Gasteiger partial charge in [0.05, 0.1) is 23.9 Å². The van der Waals surface area contributed by atoms with Gasteiger partial charge in [0.15, 0.2) is 0 Å². The molecule has 1 aromatic heterocycles. The minimum Gasteiger partial charge on any atom is -0.381 e. The second kappa shape index (κ2) is 7.54. The Morgan fingerprint density at radius 1 is 1.32 bits per heavy atom. The number of halogens is 2. The number of hydrogen-bond donors (Lipinski definition) is 0. The van der Waals surface area contributed by atoms with Crippen LogP contribution < -0.4 is 0 Å². The largest absolute Gasteiger partial charge is 0.381 e. The molecule has 25 heavy (non-hydrogen) atoms. The standard InChI is InChI=1S/C18H21ClFN3O2/c1-12-16(18(24)22-9-7-15(25-2)8-10-22)17(19)23(21-12)11-13-3-5-14(20)6-4-13/h3-6,15H,7-11H2,1-2H3. The van der Waals surface area contributed by atoms with Gasteiger partial charge in [-0.2, -0.15) is 5.10 Å². The molecule has 1 amide bonds. The van der Waals surface area contributed by atoms with Gasteiger partial charge in [-0.3, -0.25) is 4.79 Å². The molecule has 0 saturated carbocycles. The maximum atomic E-state index is 13.0. The van der Waals surface area contributed by atoms with E-state index in [0.717, 1.165) is 18.4 Å². The molecule has 1 aromatic carbocycles. The van der Waals surface area contributed by atoms with E-state index in [-0.39, 0.29) is 17.8 Å². The van der Waals surface area contributed by atoms with E-state index in [0.29, 0.717) is 36.0 Å². The fourth-order valence-corrected chi connectivity index (χ4v) is 3.43. The predicted molar refractivity (Wildman–Crippen MR) is 93.4 cm³/mol. The second-order valence-corrected chi connectivity index (χ2v) is 6.62. The lowest BCUT2D eigenvalue weighted by Crippen LogP contribution is -2.40. The summed E-state index contributed by atoms with van der Waals surface area (Å²) >= 11 is 6.44. The molecule has 2 aromatic rings. The van der Waals surface area contributed by atoms with Crippen molar-refractivity contribution in [2.24, 2.45) is 0 Å². The molecule has 1 saturated heterocycles. The molecule has 7 heteroatoms. The van der Waals surface area contributed by atoms with Crippen molar-refractivity contribution in [3.8, 4) is 0 Å². The van der Waals surface area contributed by atoms with Crippen molar-refractivity contribution >= 4 is 17.5 Å². The van der Waals surface area contributed by atoms with Crippen molar-refractivity contribution in [3.05, 3.63) is 52.1 Å². The summed E-state index contributed by atoms with van der Waals surface area (Å²) in [6, 6.07) is 6.15. The monoisotopic (exact) mass is 365 g/mol. The first kappa shape index (κ1) is 17.9. The van der Waals surface area contributed by atoms with Gasteiger partial charge < -0.3 is 9.64 Å². The van der Waals surface area contributed by atoms with E-state index >= 15 is 0 Å². The van der Waals surface area contributed by atoms with Gasteiger partial charge in [0.2, 0.25) is 0 Å². The molecule has 0 N–H and O–H groups in total. The zero-order valence-corrected chi connectivity index (χ0v) is 15.1. The molecule has 2 heterocycles. The highest BCUT2D eigenvalue weighted by Gasteiger charge is 2.28. The van der Waals surface area contributed by atoms with Gasteiger partial charge in [-0.05, 0) is 37.5 Å². The highest BCUT2D eigenvalue weighted by atomic mass is 35.5. The minimum absolute atomic E-state index is 0.0950. The molecule has 1 aliphatic heterocycles. The Kier molecular flexibility index (Phi) is 5.39. The summed E-state index contributed by atoms with van der Waals surface area (Å²) in [5.41, 5.74) is 1.91. The number of amides is 1. The Bertz CT molecular complexity index is 752. The van der Waals surface area contributed by atoms with Gasteiger partial charge in [-0.1, -0.05) is 23.7 Å². The van der Waals surface area contributed by atoms with E-state index in [2.05, 4.69) is 5.10 Å². The van der Waals surface area contributed by atoms with Crippen molar-refractivity contribution in [1.29, 1.82) is 0 Å². The SMILES string of the molecule is COC1CCN(C(=O)c2c(C)nn(Cc3ccc(F)cc3)c2Cl)CC1. The Morgan fingerprint density at radius 3 is 2.56 bits per heavy atom. The average Bonchev–Trinajstić information content (AvgIpc) is 2.90. The maximum absolute atomic E-state index is 13.0. The Labute approximate surface area is 151 Å². The number of likely N-dealkylation sites (tertiary alicyclic amines) is 1. The molecular formula is C18H21ClFN3O2. The summed E-state index contributed by atoms with van der Waals surface area (Å²) in [4.78, 5) is 14.6. The first-order valence-corrected chi connectivity index (χ1v) is 8.66. The normalized spacial score (nSPS) is 15.6. The third-order valence-electron chi connectivity index (χ3n) is 4.59. The Balaban J connectivity index is 1.77.